The molecule has 0 aliphatic heterocycles. The number of carbonyl (C=O) groups is 1. The molecule has 1 atom stereocenters. The van der Waals surface area contributed by atoms with Gasteiger partial charge >= 0.3 is 0 Å². The third kappa shape index (κ3) is 5.02. The zero-order chi connectivity index (χ0) is 21.6. The molecule has 1 unspecified atom stereocenters. The number of non-ortho nitro benzene ring substituents is 1. The van der Waals surface area contributed by atoms with Gasteiger partial charge in [-0.1, -0.05) is 20.3 Å². The van der Waals surface area contributed by atoms with Crippen LogP contribution in [0.15, 0.2) is 30.3 Å². The molecular formula is C21H22N2O6. The number of hydrogen-bond donors (Lipinski definition) is 1. The van der Waals surface area contributed by atoms with Crippen LogP contribution in [0.3, 0.4) is 0 Å². The molecule has 8 nitrogen and oxygen atoms in total. The number of aromatic hydroxyl groups is 1. The van der Waals surface area contributed by atoms with Gasteiger partial charge in [0.1, 0.15) is 23.3 Å². The summed E-state index contributed by atoms with van der Waals surface area (Å²) in [6.07, 6.45) is 0.710. The Morgan fingerprint density at radius 2 is 1.93 bits per heavy atom. The number of phenols is 1. The zero-order valence-corrected chi connectivity index (χ0v) is 16.5. The Kier molecular flexibility index (Phi) is 7.15. The average Bonchev–Trinajstić information content (AvgIpc) is 2.69. The molecule has 0 saturated carbocycles. The summed E-state index contributed by atoms with van der Waals surface area (Å²) in [6, 6.07) is 8.72. The molecule has 0 saturated heterocycles. The second-order valence-corrected chi connectivity index (χ2v) is 6.37. The molecule has 0 radical (unpaired) electrons. The van der Waals surface area contributed by atoms with E-state index in [4.69, 9.17) is 9.47 Å². The first-order chi connectivity index (χ1) is 13.8. The van der Waals surface area contributed by atoms with Gasteiger partial charge in [-0.15, -0.1) is 0 Å². The lowest BCUT2D eigenvalue weighted by atomic mass is 10.0. The minimum atomic E-state index is -0.859. The Morgan fingerprint density at radius 3 is 2.48 bits per heavy atom. The van der Waals surface area contributed by atoms with E-state index in [0.717, 1.165) is 0 Å². The van der Waals surface area contributed by atoms with Crippen LogP contribution in [0, 0.1) is 21.4 Å². The predicted octanol–water partition coefficient (Wildman–Crippen LogP) is 4.52. The second kappa shape index (κ2) is 9.55. The van der Waals surface area contributed by atoms with Gasteiger partial charge in [0.2, 0.25) is 6.29 Å². The Balaban J connectivity index is 2.37. The van der Waals surface area contributed by atoms with Gasteiger partial charge < -0.3 is 14.6 Å². The van der Waals surface area contributed by atoms with Crippen LogP contribution in [-0.4, -0.2) is 22.1 Å². The lowest BCUT2D eigenvalue weighted by Gasteiger charge is -2.22. The minimum Gasteiger partial charge on any atom is -0.507 e. The van der Waals surface area contributed by atoms with Gasteiger partial charge in [-0.2, -0.15) is 5.26 Å². The van der Waals surface area contributed by atoms with E-state index in [9.17, 15) is 25.3 Å². The fourth-order valence-corrected chi connectivity index (χ4v) is 2.79. The fourth-order valence-electron chi connectivity index (χ4n) is 2.79. The molecule has 0 aliphatic carbocycles. The molecule has 0 heterocycles. The third-order valence-electron chi connectivity index (χ3n) is 4.27. The summed E-state index contributed by atoms with van der Waals surface area (Å²) in [5.74, 6) is 0.00465. The highest BCUT2D eigenvalue weighted by atomic mass is 16.7. The maximum Gasteiger partial charge on any atom is 0.273 e. The first-order valence-corrected chi connectivity index (χ1v) is 9.19. The number of Topliss-reactive ketones (excluding diaryl/α,β-unsaturated/α-hetero) is 1. The molecule has 2 rings (SSSR count). The number of rotatable bonds is 9. The van der Waals surface area contributed by atoms with E-state index < -0.39 is 11.2 Å². The lowest BCUT2D eigenvalue weighted by molar-refractivity contribution is -0.385. The number of carbonyl (C=O) groups excluding carboxylic acids is 1. The van der Waals surface area contributed by atoms with Crippen molar-refractivity contribution in [3.63, 3.8) is 0 Å². The summed E-state index contributed by atoms with van der Waals surface area (Å²) >= 11 is 0. The molecule has 0 bridgehead atoms. The fraction of sp³-hybridized carbons (Fsp3) is 0.333. The van der Waals surface area contributed by atoms with E-state index in [1.54, 1.807) is 13.0 Å². The van der Waals surface area contributed by atoms with Gasteiger partial charge in [-0.05, 0) is 31.5 Å². The maximum absolute atomic E-state index is 11.7. The van der Waals surface area contributed by atoms with E-state index in [1.807, 2.05) is 13.0 Å². The molecule has 0 amide bonds. The standard InChI is InChI=1S/C21H22N2O6/c1-4-6-17-18(10-9-16(13(3)24)21(17)25)28-20(5-2)29-19-11-15(23(26)27)8-7-14(19)12-22/h7-11,20,25H,4-6H2,1-3H3. The molecule has 1 N–H and O–H groups in total. The highest BCUT2D eigenvalue weighted by Gasteiger charge is 2.21. The van der Waals surface area contributed by atoms with E-state index in [-0.39, 0.29) is 34.1 Å². The number of ether oxygens (including phenoxy) is 2. The molecule has 0 fully saturated rings. The highest BCUT2D eigenvalue weighted by Crippen LogP contribution is 2.34. The number of nitrogens with zero attached hydrogens (tertiary/aromatic N) is 2. The Hall–Kier alpha value is -3.60. The highest BCUT2D eigenvalue weighted by molar-refractivity contribution is 5.97. The Labute approximate surface area is 168 Å². The molecule has 29 heavy (non-hydrogen) atoms. The number of nitriles is 1. The van der Waals surface area contributed by atoms with Gasteiger partial charge in [-0.25, -0.2) is 0 Å². The number of hydrogen-bond acceptors (Lipinski definition) is 7. The van der Waals surface area contributed by atoms with Crippen LogP contribution in [0.4, 0.5) is 5.69 Å². The normalized spacial score (nSPS) is 11.4. The van der Waals surface area contributed by atoms with Crippen molar-refractivity contribution in [2.75, 3.05) is 0 Å². The minimum absolute atomic E-state index is 0.0372. The Morgan fingerprint density at radius 1 is 1.24 bits per heavy atom. The Bertz CT molecular complexity index is 964. The van der Waals surface area contributed by atoms with E-state index in [0.29, 0.717) is 30.6 Å². The predicted molar refractivity (Wildman–Crippen MR) is 105 cm³/mol. The second-order valence-electron chi connectivity index (χ2n) is 6.37. The van der Waals surface area contributed by atoms with Crippen molar-refractivity contribution in [1.82, 2.24) is 0 Å². The van der Waals surface area contributed by atoms with Crippen molar-refractivity contribution in [2.24, 2.45) is 0 Å². The van der Waals surface area contributed by atoms with Crippen molar-refractivity contribution in [2.45, 2.75) is 46.3 Å². The van der Waals surface area contributed by atoms with Crippen molar-refractivity contribution in [1.29, 1.82) is 5.26 Å². The molecule has 0 aromatic heterocycles. The monoisotopic (exact) mass is 398 g/mol. The van der Waals surface area contributed by atoms with Crippen molar-refractivity contribution in [3.05, 3.63) is 57.1 Å². The number of benzene rings is 2. The van der Waals surface area contributed by atoms with Crippen LogP contribution in [0.25, 0.3) is 0 Å². The van der Waals surface area contributed by atoms with Crippen LogP contribution in [0.1, 0.15) is 55.1 Å². The van der Waals surface area contributed by atoms with Crippen molar-refractivity contribution < 1.29 is 24.3 Å². The molecule has 152 valence electrons. The lowest BCUT2D eigenvalue weighted by Crippen LogP contribution is -2.24. The molecule has 8 heteroatoms. The van der Waals surface area contributed by atoms with Gasteiger partial charge in [-0.3, -0.25) is 14.9 Å². The van der Waals surface area contributed by atoms with Gasteiger partial charge in [0.15, 0.2) is 5.78 Å². The molecule has 2 aromatic rings. The van der Waals surface area contributed by atoms with Gasteiger partial charge in [0.25, 0.3) is 5.69 Å². The number of ketones is 1. The number of nitro benzene ring substituents is 1. The smallest absolute Gasteiger partial charge is 0.273 e. The summed E-state index contributed by atoms with van der Waals surface area (Å²) < 4.78 is 11.6. The SMILES string of the molecule is CCCc1c(OC(CC)Oc2cc([N+](=O)[O-])ccc2C#N)ccc(C(C)=O)c1O. The van der Waals surface area contributed by atoms with Crippen molar-refractivity contribution in [3.8, 4) is 23.3 Å². The van der Waals surface area contributed by atoms with Gasteiger partial charge in [0, 0.05) is 18.1 Å². The summed E-state index contributed by atoms with van der Waals surface area (Å²) in [4.78, 5) is 22.1. The van der Waals surface area contributed by atoms with E-state index >= 15 is 0 Å². The summed E-state index contributed by atoms with van der Waals surface area (Å²) in [5.41, 5.74) is 0.632. The van der Waals surface area contributed by atoms with E-state index in [1.165, 1.54) is 31.2 Å². The number of nitro groups is 1. The quantitative estimate of drug-likeness (QED) is 0.285. The largest absolute Gasteiger partial charge is 0.507 e. The molecule has 2 aromatic carbocycles. The van der Waals surface area contributed by atoms with Gasteiger partial charge in [0.05, 0.1) is 22.1 Å². The van der Waals surface area contributed by atoms with Crippen LogP contribution in [0.2, 0.25) is 0 Å². The first kappa shape index (κ1) is 21.7. The topological polar surface area (TPSA) is 123 Å². The average molecular weight is 398 g/mol. The summed E-state index contributed by atoms with van der Waals surface area (Å²) in [7, 11) is 0. The molecule has 0 aliphatic rings. The van der Waals surface area contributed by atoms with Crippen LogP contribution < -0.4 is 9.47 Å². The maximum atomic E-state index is 11.7. The molecular weight excluding hydrogens is 376 g/mol. The third-order valence-corrected chi connectivity index (χ3v) is 4.27. The zero-order valence-electron chi connectivity index (χ0n) is 16.5. The summed E-state index contributed by atoms with van der Waals surface area (Å²) in [5, 5.41) is 30.7. The van der Waals surface area contributed by atoms with Crippen LogP contribution in [-0.2, 0) is 6.42 Å². The molecule has 0 spiro atoms. The van der Waals surface area contributed by atoms with Crippen molar-refractivity contribution >= 4 is 11.5 Å². The van der Waals surface area contributed by atoms with Crippen LogP contribution >= 0.6 is 0 Å². The summed E-state index contributed by atoms with van der Waals surface area (Å²) in [6.45, 7) is 5.09. The number of phenolic OH excluding ortho intramolecular Hbond substituents is 1. The van der Waals surface area contributed by atoms with Crippen LogP contribution in [0.5, 0.6) is 17.2 Å². The van der Waals surface area contributed by atoms with E-state index in [2.05, 4.69) is 0 Å². The first-order valence-electron chi connectivity index (χ1n) is 9.19.